The van der Waals surface area contributed by atoms with Crippen molar-refractivity contribution in [1.82, 2.24) is 0 Å². The third-order valence-electron chi connectivity index (χ3n) is 6.06. The summed E-state index contributed by atoms with van der Waals surface area (Å²) in [5.74, 6) is -0.116. The van der Waals surface area contributed by atoms with E-state index in [4.69, 9.17) is 9.16 Å². The van der Waals surface area contributed by atoms with Gasteiger partial charge in [-0.15, -0.1) is 0 Å². The molecule has 1 heterocycles. The van der Waals surface area contributed by atoms with Gasteiger partial charge in [-0.3, -0.25) is 4.79 Å². The molecule has 0 unspecified atom stereocenters. The van der Waals surface area contributed by atoms with Gasteiger partial charge < -0.3 is 14.3 Å². The minimum Gasteiger partial charge on any atom is -0.458 e. The molecule has 1 N–H and O–H groups in total. The highest BCUT2D eigenvalue weighted by molar-refractivity contribution is 6.74. The van der Waals surface area contributed by atoms with Crippen LogP contribution in [0.2, 0.25) is 18.1 Å². The van der Waals surface area contributed by atoms with Gasteiger partial charge in [0.1, 0.15) is 6.10 Å². The van der Waals surface area contributed by atoms with Gasteiger partial charge in [0.25, 0.3) is 0 Å². The van der Waals surface area contributed by atoms with E-state index in [-0.39, 0.29) is 17.1 Å². The number of allylic oxidation sites excluding steroid dienone is 1. The summed E-state index contributed by atoms with van der Waals surface area (Å²) in [6.07, 6.45) is 15.0. The smallest absolute Gasteiger partial charge is 0.306 e. The first-order valence-corrected chi connectivity index (χ1v) is 14.4. The standard InChI is InChI=1S/C24H44O4Si/c1-7-8-12-16-21(25)22(28-29(5,6)24(2,3)4)19-18-20-15-13-10-9-11-14-17-23(26)27-20/h8,12,18-22,25H,7,9-11,13-17H2,1-6H3/b12-8-,19-18+/t20-,21-,22+/m0/s1. The van der Waals surface area contributed by atoms with Gasteiger partial charge >= 0.3 is 5.97 Å². The van der Waals surface area contributed by atoms with Crippen LogP contribution in [0, 0.1) is 0 Å². The summed E-state index contributed by atoms with van der Waals surface area (Å²) < 4.78 is 12.2. The van der Waals surface area contributed by atoms with Crippen molar-refractivity contribution in [2.24, 2.45) is 0 Å². The maximum Gasteiger partial charge on any atom is 0.306 e. The molecule has 0 radical (unpaired) electrons. The number of cyclic esters (lactones) is 1. The summed E-state index contributed by atoms with van der Waals surface area (Å²) in [6, 6.07) is 0. The molecular formula is C24H44O4Si. The predicted molar refractivity (Wildman–Crippen MR) is 123 cm³/mol. The maximum absolute atomic E-state index is 12.1. The number of hydrogen-bond acceptors (Lipinski definition) is 4. The maximum atomic E-state index is 12.1. The lowest BCUT2D eigenvalue weighted by atomic mass is 10.0. The van der Waals surface area contributed by atoms with Crippen LogP contribution in [-0.2, 0) is 14.0 Å². The van der Waals surface area contributed by atoms with Gasteiger partial charge in [-0.2, -0.15) is 0 Å². The molecule has 0 amide bonds. The second kappa shape index (κ2) is 12.7. The Morgan fingerprint density at radius 2 is 1.83 bits per heavy atom. The Morgan fingerprint density at radius 3 is 2.48 bits per heavy atom. The first-order valence-electron chi connectivity index (χ1n) is 11.5. The van der Waals surface area contributed by atoms with E-state index in [9.17, 15) is 9.90 Å². The SMILES string of the molecule is CC/C=C\C[C@H](O)[C@@H](/C=C/[C@@H]1CCCCCCCC(=O)O1)O[Si](C)(C)C(C)(C)C. The van der Waals surface area contributed by atoms with Crippen LogP contribution in [-0.4, -0.2) is 37.7 Å². The van der Waals surface area contributed by atoms with E-state index in [0.717, 1.165) is 32.1 Å². The van der Waals surface area contributed by atoms with E-state index >= 15 is 0 Å². The van der Waals surface area contributed by atoms with Gasteiger partial charge in [-0.25, -0.2) is 0 Å². The van der Waals surface area contributed by atoms with Gasteiger partial charge in [0.15, 0.2) is 8.32 Å². The van der Waals surface area contributed by atoms with Crippen LogP contribution in [0.5, 0.6) is 0 Å². The zero-order valence-electron chi connectivity index (χ0n) is 19.6. The zero-order valence-corrected chi connectivity index (χ0v) is 20.6. The molecule has 1 rings (SSSR count). The second-order valence-electron chi connectivity index (χ2n) is 9.75. The highest BCUT2D eigenvalue weighted by atomic mass is 28.4. The fourth-order valence-corrected chi connectivity index (χ4v) is 4.37. The van der Waals surface area contributed by atoms with Crippen molar-refractivity contribution >= 4 is 14.3 Å². The highest BCUT2D eigenvalue weighted by Gasteiger charge is 2.40. The van der Waals surface area contributed by atoms with Gasteiger partial charge in [-0.05, 0) is 56.3 Å². The molecule has 0 bridgehead atoms. The van der Waals surface area contributed by atoms with Crippen LogP contribution < -0.4 is 0 Å². The van der Waals surface area contributed by atoms with E-state index in [0.29, 0.717) is 12.8 Å². The Kier molecular flexibility index (Phi) is 11.4. The molecule has 3 atom stereocenters. The van der Waals surface area contributed by atoms with E-state index < -0.39 is 20.5 Å². The lowest BCUT2D eigenvalue weighted by molar-refractivity contribution is -0.147. The summed E-state index contributed by atoms with van der Waals surface area (Å²) in [4.78, 5) is 12.1. The average Bonchev–Trinajstić information content (AvgIpc) is 2.63. The van der Waals surface area contributed by atoms with Crippen molar-refractivity contribution in [3.05, 3.63) is 24.3 Å². The second-order valence-corrected chi connectivity index (χ2v) is 14.5. The van der Waals surface area contributed by atoms with E-state index in [1.165, 1.54) is 12.8 Å². The number of hydrogen-bond donors (Lipinski definition) is 1. The molecule has 0 aliphatic carbocycles. The molecule has 1 fully saturated rings. The first-order chi connectivity index (χ1) is 13.6. The Bertz CT molecular complexity index is 533. The van der Waals surface area contributed by atoms with Crippen LogP contribution in [0.3, 0.4) is 0 Å². The molecule has 1 saturated heterocycles. The number of ether oxygens (including phenoxy) is 1. The van der Waals surface area contributed by atoms with Crippen LogP contribution in [0.15, 0.2) is 24.3 Å². The lowest BCUT2D eigenvalue weighted by Gasteiger charge is -2.39. The largest absolute Gasteiger partial charge is 0.458 e. The molecule has 1 aliphatic rings. The van der Waals surface area contributed by atoms with E-state index in [1.54, 1.807) is 0 Å². The van der Waals surface area contributed by atoms with Crippen molar-refractivity contribution in [1.29, 1.82) is 0 Å². The summed E-state index contributed by atoms with van der Waals surface area (Å²) in [5.41, 5.74) is 0. The third-order valence-corrected chi connectivity index (χ3v) is 10.5. The average molecular weight is 425 g/mol. The quantitative estimate of drug-likeness (QED) is 0.282. The molecular weight excluding hydrogens is 380 g/mol. The number of rotatable bonds is 8. The molecule has 0 spiro atoms. The number of carbonyl (C=O) groups excluding carboxylic acids is 1. The Balaban J connectivity index is 2.93. The van der Waals surface area contributed by atoms with Gasteiger partial charge in [0.05, 0.1) is 12.2 Å². The molecule has 5 heteroatoms. The fraction of sp³-hybridized carbons (Fsp3) is 0.792. The van der Waals surface area contributed by atoms with Gasteiger partial charge in [-0.1, -0.05) is 65.2 Å². The predicted octanol–water partition coefficient (Wildman–Crippen LogP) is 6.31. The van der Waals surface area contributed by atoms with Crippen molar-refractivity contribution < 1.29 is 19.1 Å². The summed E-state index contributed by atoms with van der Waals surface area (Å²) >= 11 is 0. The summed E-state index contributed by atoms with van der Waals surface area (Å²) in [5, 5.41) is 10.9. The van der Waals surface area contributed by atoms with Crippen molar-refractivity contribution in [3.63, 3.8) is 0 Å². The molecule has 4 nitrogen and oxygen atoms in total. The summed E-state index contributed by atoms with van der Waals surface area (Å²) in [7, 11) is -2.05. The lowest BCUT2D eigenvalue weighted by Crippen LogP contribution is -2.46. The van der Waals surface area contributed by atoms with Crippen LogP contribution in [0.4, 0.5) is 0 Å². The van der Waals surface area contributed by atoms with Crippen LogP contribution in [0.1, 0.15) is 85.5 Å². The minimum atomic E-state index is -2.05. The fourth-order valence-electron chi connectivity index (χ4n) is 3.10. The zero-order chi connectivity index (χ0) is 21.9. The molecule has 0 saturated carbocycles. The highest BCUT2D eigenvalue weighted by Crippen LogP contribution is 2.38. The number of aliphatic hydroxyl groups is 1. The van der Waals surface area contributed by atoms with Gasteiger partial charge in [0.2, 0.25) is 0 Å². The van der Waals surface area contributed by atoms with Crippen LogP contribution >= 0.6 is 0 Å². The first kappa shape index (κ1) is 26.1. The third kappa shape index (κ3) is 10.1. The Morgan fingerprint density at radius 1 is 1.17 bits per heavy atom. The Labute approximate surface area is 179 Å². The number of carbonyl (C=O) groups is 1. The minimum absolute atomic E-state index is 0.0565. The Hall–Kier alpha value is -0.913. The molecule has 0 aromatic heterocycles. The van der Waals surface area contributed by atoms with Crippen molar-refractivity contribution in [3.8, 4) is 0 Å². The normalized spacial score (nSPS) is 22.6. The van der Waals surface area contributed by atoms with Crippen molar-refractivity contribution in [2.75, 3.05) is 0 Å². The molecule has 29 heavy (non-hydrogen) atoms. The monoisotopic (exact) mass is 424 g/mol. The van der Waals surface area contributed by atoms with Crippen LogP contribution in [0.25, 0.3) is 0 Å². The van der Waals surface area contributed by atoms with E-state index in [2.05, 4.69) is 46.9 Å². The molecule has 0 aromatic rings. The number of esters is 1. The number of aliphatic hydroxyl groups excluding tert-OH is 1. The molecule has 1 aliphatic heterocycles. The topological polar surface area (TPSA) is 55.8 Å². The molecule has 0 aromatic carbocycles. The van der Waals surface area contributed by atoms with Crippen molar-refractivity contribution in [2.45, 2.75) is 122 Å². The van der Waals surface area contributed by atoms with Gasteiger partial charge in [0, 0.05) is 6.42 Å². The summed E-state index contributed by atoms with van der Waals surface area (Å²) in [6.45, 7) is 13.1. The van der Waals surface area contributed by atoms with E-state index in [1.807, 2.05) is 18.2 Å². The molecule has 168 valence electrons.